The van der Waals surface area contributed by atoms with Crippen LogP contribution in [0.5, 0.6) is 0 Å². The van der Waals surface area contributed by atoms with E-state index in [0.29, 0.717) is 11.3 Å². The summed E-state index contributed by atoms with van der Waals surface area (Å²) in [6, 6.07) is 5.62. The van der Waals surface area contributed by atoms with Gasteiger partial charge in [0.1, 0.15) is 0 Å². The van der Waals surface area contributed by atoms with Crippen LogP contribution in [0, 0.1) is 5.92 Å². The summed E-state index contributed by atoms with van der Waals surface area (Å²) in [5.74, 6) is 0.683. The Labute approximate surface area is 124 Å². The van der Waals surface area contributed by atoms with Crippen molar-refractivity contribution >= 4 is 34.8 Å². The van der Waals surface area contributed by atoms with Gasteiger partial charge in [0.2, 0.25) is 0 Å². The number of hydrogen-bond acceptors (Lipinski definition) is 1. The van der Waals surface area contributed by atoms with E-state index in [9.17, 15) is 0 Å². The van der Waals surface area contributed by atoms with E-state index in [1.807, 2.05) is 18.2 Å². The minimum atomic E-state index is 0.356. The number of alkyl halides is 1. The van der Waals surface area contributed by atoms with Gasteiger partial charge in [0.25, 0.3) is 0 Å². The lowest BCUT2D eigenvalue weighted by Crippen LogP contribution is -2.27. The third kappa shape index (κ3) is 4.03. The van der Waals surface area contributed by atoms with Crippen LogP contribution in [0.1, 0.15) is 31.2 Å². The standard InChI is InChI=1S/C14H18Cl3N/c15-11-4-1-3-10(7-11)8-18-9-12-13(16)5-2-6-14(12)17/h2,5-6,10-11,18H,1,3-4,7-9H2. The summed E-state index contributed by atoms with van der Waals surface area (Å²) in [6.07, 6.45) is 4.79. The highest BCUT2D eigenvalue weighted by molar-refractivity contribution is 6.35. The molecule has 1 N–H and O–H groups in total. The maximum absolute atomic E-state index is 6.19. The maximum Gasteiger partial charge on any atom is 0.0465 e. The Balaban J connectivity index is 1.81. The first-order valence-corrected chi connectivity index (χ1v) is 7.63. The molecular formula is C14H18Cl3N. The predicted octanol–water partition coefficient (Wildman–Crippen LogP) is 4.88. The van der Waals surface area contributed by atoms with Crippen molar-refractivity contribution < 1.29 is 0 Å². The molecule has 0 bridgehead atoms. The van der Waals surface area contributed by atoms with Gasteiger partial charge in [-0.2, -0.15) is 0 Å². The van der Waals surface area contributed by atoms with E-state index in [1.54, 1.807) is 0 Å². The van der Waals surface area contributed by atoms with Gasteiger partial charge in [0.05, 0.1) is 0 Å². The third-order valence-corrected chi connectivity index (χ3v) is 4.62. The second-order valence-electron chi connectivity index (χ2n) is 4.96. The van der Waals surface area contributed by atoms with E-state index < -0.39 is 0 Å². The van der Waals surface area contributed by atoms with Crippen LogP contribution < -0.4 is 5.32 Å². The first kappa shape index (κ1) is 14.5. The van der Waals surface area contributed by atoms with Crippen molar-refractivity contribution in [2.45, 2.75) is 37.6 Å². The van der Waals surface area contributed by atoms with Crippen molar-refractivity contribution in [3.8, 4) is 0 Å². The van der Waals surface area contributed by atoms with Crippen LogP contribution in [0.25, 0.3) is 0 Å². The molecule has 1 saturated carbocycles. The monoisotopic (exact) mass is 305 g/mol. The zero-order valence-electron chi connectivity index (χ0n) is 10.3. The lowest BCUT2D eigenvalue weighted by molar-refractivity contribution is 0.346. The minimum Gasteiger partial charge on any atom is -0.312 e. The fraction of sp³-hybridized carbons (Fsp3) is 0.571. The van der Waals surface area contributed by atoms with Gasteiger partial charge in [-0.15, -0.1) is 11.6 Å². The van der Waals surface area contributed by atoms with Crippen molar-refractivity contribution in [2.24, 2.45) is 5.92 Å². The van der Waals surface area contributed by atoms with E-state index in [2.05, 4.69) is 5.32 Å². The fourth-order valence-corrected chi connectivity index (χ4v) is 3.45. The van der Waals surface area contributed by atoms with Gasteiger partial charge in [0, 0.05) is 27.5 Å². The summed E-state index contributed by atoms with van der Waals surface area (Å²) in [5, 5.41) is 5.26. The van der Waals surface area contributed by atoms with Crippen LogP contribution in [-0.4, -0.2) is 11.9 Å². The second-order valence-corrected chi connectivity index (χ2v) is 6.39. The van der Waals surface area contributed by atoms with Gasteiger partial charge in [0.15, 0.2) is 0 Å². The number of hydrogen-bond donors (Lipinski definition) is 1. The molecule has 2 unspecified atom stereocenters. The van der Waals surface area contributed by atoms with Gasteiger partial charge in [-0.05, 0) is 43.9 Å². The van der Waals surface area contributed by atoms with Crippen molar-refractivity contribution in [3.05, 3.63) is 33.8 Å². The smallest absolute Gasteiger partial charge is 0.0465 e. The van der Waals surface area contributed by atoms with Crippen LogP contribution in [0.2, 0.25) is 10.0 Å². The van der Waals surface area contributed by atoms with Crippen LogP contribution in [0.4, 0.5) is 0 Å². The summed E-state index contributed by atoms with van der Waals surface area (Å²) in [6.45, 7) is 1.72. The molecule has 1 aliphatic carbocycles. The average molecular weight is 307 g/mol. The van der Waals surface area contributed by atoms with Crippen molar-refractivity contribution in [1.29, 1.82) is 0 Å². The van der Waals surface area contributed by atoms with E-state index in [-0.39, 0.29) is 0 Å². The number of halogens is 3. The molecule has 0 saturated heterocycles. The van der Waals surface area contributed by atoms with Crippen molar-refractivity contribution in [1.82, 2.24) is 5.32 Å². The molecule has 1 aliphatic rings. The Morgan fingerprint density at radius 1 is 1.17 bits per heavy atom. The SMILES string of the molecule is Clc1cccc(Cl)c1CNCC1CCCC(Cl)C1. The quantitative estimate of drug-likeness (QED) is 0.782. The zero-order chi connectivity index (χ0) is 13.0. The molecule has 1 aromatic rings. The minimum absolute atomic E-state index is 0.356. The van der Waals surface area contributed by atoms with E-state index >= 15 is 0 Å². The van der Waals surface area contributed by atoms with E-state index in [4.69, 9.17) is 34.8 Å². The van der Waals surface area contributed by atoms with Crippen LogP contribution in [-0.2, 0) is 6.54 Å². The van der Waals surface area contributed by atoms with Gasteiger partial charge in [-0.25, -0.2) is 0 Å². The zero-order valence-corrected chi connectivity index (χ0v) is 12.5. The number of rotatable bonds is 4. The lowest BCUT2D eigenvalue weighted by atomic mass is 9.89. The molecule has 0 aromatic heterocycles. The third-order valence-electron chi connectivity index (χ3n) is 3.52. The molecular weight excluding hydrogens is 289 g/mol. The van der Waals surface area contributed by atoms with Gasteiger partial charge in [-0.1, -0.05) is 35.7 Å². The Bertz CT molecular complexity index is 374. The predicted molar refractivity (Wildman–Crippen MR) is 79.8 cm³/mol. The summed E-state index contributed by atoms with van der Waals surface area (Å²) in [5.41, 5.74) is 0.985. The highest BCUT2D eigenvalue weighted by Gasteiger charge is 2.19. The summed E-state index contributed by atoms with van der Waals surface area (Å²) in [7, 11) is 0. The molecule has 2 rings (SSSR count). The molecule has 4 heteroatoms. The summed E-state index contributed by atoms with van der Waals surface area (Å²) >= 11 is 18.4. The highest BCUT2D eigenvalue weighted by Crippen LogP contribution is 2.28. The number of benzene rings is 1. The number of nitrogens with one attached hydrogen (secondary N) is 1. The van der Waals surface area contributed by atoms with E-state index in [0.717, 1.165) is 41.5 Å². The first-order valence-electron chi connectivity index (χ1n) is 6.44. The molecule has 18 heavy (non-hydrogen) atoms. The Hall–Kier alpha value is 0.0500. The molecule has 0 radical (unpaired) electrons. The molecule has 2 atom stereocenters. The molecule has 0 spiro atoms. The Morgan fingerprint density at radius 2 is 1.89 bits per heavy atom. The van der Waals surface area contributed by atoms with Gasteiger partial charge in [-0.3, -0.25) is 0 Å². The Morgan fingerprint density at radius 3 is 2.56 bits per heavy atom. The lowest BCUT2D eigenvalue weighted by Gasteiger charge is -2.25. The largest absolute Gasteiger partial charge is 0.312 e. The molecule has 1 fully saturated rings. The van der Waals surface area contributed by atoms with Crippen molar-refractivity contribution in [3.63, 3.8) is 0 Å². The fourth-order valence-electron chi connectivity index (χ4n) is 2.51. The normalized spacial score (nSPS) is 24.2. The molecule has 100 valence electrons. The van der Waals surface area contributed by atoms with Crippen LogP contribution in [0.3, 0.4) is 0 Å². The topological polar surface area (TPSA) is 12.0 Å². The molecule has 0 heterocycles. The first-order chi connectivity index (χ1) is 8.66. The van der Waals surface area contributed by atoms with E-state index in [1.165, 1.54) is 12.8 Å². The van der Waals surface area contributed by atoms with Gasteiger partial charge >= 0.3 is 0 Å². The second kappa shape index (κ2) is 7.00. The highest BCUT2D eigenvalue weighted by atomic mass is 35.5. The summed E-state index contributed by atoms with van der Waals surface area (Å²) in [4.78, 5) is 0. The van der Waals surface area contributed by atoms with Gasteiger partial charge < -0.3 is 5.32 Å². The summed E-state index contributed by atoms with van der Waals surface area (Å²) < 4.78 is 0. The van der Waals surface area contributed by atoms with Crippen molar-refractivity contribution in [2.75, 3.05) is 6.54 Å². The molecule has 1 nitrogen and oxygen atoms in total. The average Bonchev–Trinajstić information content (AvgIpc) is 2.33. The maximum atomic E-state index is 6.19. The molecule has 0 aliphatic heterocycles. The molecule has 0 amide bonds. The molecule has 1 aromatic carbocycles. The Kier molecular flexibility index (Phi) is 5.62. The van der Waals surface area contributed by atoms with Crippen LogP contribution in [0.15, 0.2) is 18.2 Å². The van der Waals surface area contributed by atoms with Crippen LogP contribution >= 0.6 is 34.8 Å².